The fourth-order valence-corrected chi connectivity index (χ4v) is 3.74. The standard InChI is InChI=1S/C24H36F6O3/c1-6-7-8-9-10-11-12-21(24(31,32-16(2)3)33-17(4)5)18-13-19(22(25,26)27)15-20(14-18)23(28,29)30/h13-17,21,31H,6-12H2,1-5H3. The lowest BCUT2D eigenvalue weighted by Gasteiger charge is -2.38. The zero-order valence-electron chi connectivity index (χ0n) is 19.9. The van der Waals surface area contributed by atoms with Crippen molar-refractivity contribution in [3.8, 4) is 0 Å². The quantitative estimate of drug-likeness (QED) is 0.174. The molecule has 0 radical (unpaired) electrons. The van der Waals surface area contributed by atoms with E-state index in [1.54, 1.807) is 27.7 Å². The van der Waals surface area contributed by atoms with Crippen molar-refractivity contribution in [2.24, 2.45) is 0 Å². The van der Waals surface area contributed by atoms with Crippen LogP contribution in [0.1, 0.15) is 102 Å². The van der Waals surface area contributed by atoms with Crippen molar-refractivity contribution < 1.29 is 40.9 Å². The van der Waals surface area contributed by atoms with Crippen LogP contribution in [0.15, 0.2) is 18.2 Å². The molecule has 0 amide bonds. The van der Waals surface area contributed by atoms with Gasteiger partial charge < -0.3 is 14.6 Å². The molecule has 0 bridgehead atoms. The van der Waals surface area contributed by atoms with Gasteiger partial charge in [-0.3, -0.25) is 0 Å². The summed E-state index contributed by atoms with van der Waals surface area (Å²) in [5.74, 6) is -3.64. The second kappa shape index (κ2) is 12.4. The molecule has 1 rings (SSSR count). The summed E-state index contributed by atoms with van der Waals surface area (Å²) in [6.07, 6.45) is -5.90. The van der Waals surface area contributed by atoms with E-state index in [0.717, 1.165) is 32.1 Å². The van der Waals surface area contributed by atoms with Crippen molar-refractivity contribution in [2.45, 2.75) is 116 Å². The Bertz CT molecular complexity index is 671. The van der Waals surface area contributed by atoms with E-state index in [2.05, 4.69) is 6.92 Å². The van der Waals surface area contributed by atoms with Gasteiger partial charge in [0, 0.05) is 0 Å². The molecule has 0 aromatic heterocycles. The van der Waals surface area contributed by atoms with Gasteiger partial charge in [-0.1, -0.05) is 45.4 Å². The van der Waals surface area contributed by atoms with Crippen molar-refractivity contribution in [3.63, 3.8) is 0 Å². The molecule has 1 atom stereocenters. The van der Waals surface area contributed by atoms with Gasteiger partial charge in [0.2, 0.25) is 0 Å². The molecule has 1 aromatic rings. The minimum atomic E-state index is -4.99. The van der Waals surface area contributed by atoms with Crippen LogP contribution >= 0.6 is 0 Å². The zero-order valence-corrected chi connectivity index (χ0v) is 19.9. The van der Waals surface area contributed by atoms with Crippen LogP contribution in [0.2, 0.25) is 0 Å². The van der Waals surface area contributed by atoms with Crippen LogP contribution in [-0.4, -0.2) is 23.3 Å². The number of halogens is 6. The summed E-state index contributed by atoms with van der Waals surface area (Å²) in [7, 11) is 0. The Morgan fingerprint density at radius 1 is 0.727 bits per heavy atom. The molecule has 9 heteroatoms. The second-order valence-corrected chi connectivity index (χ2v) is 8.91. The molecule has 1 unspecified atom stereocenters. The lowest BCUT2D eigenvalue weighted by atomic mass is 9.87. The second-order valence-electron chi connectivity index (χ2n) is 8.91. The normalized spacial score (nSPS) is 14.4. The largest absolute Gasteiger partial charge is 0.416 e. The van der Waals surface area contributed by atoms with Gasteiger partial charge >= 0.3 is 12.4 Å². The Morgan fingerprint density at radius 3 is 1.55 bits per heavy atom. The van der Waals surface area contributed by atoms with E-state index in [4.69, 9.17) is 9.47 Å². The lowest BCUT2D eigenvalue weighted by molar-refractivity contribution is -0.393. The third-order valence-corrected chi connectivity index (χ3v) is 5.11. The number of unbranched alkanes of at least 4 members (excludes halogenated alkanes) is 5. The van der Waals surface area contributed by atoms with Crippen LogP contribution in [0.3, 0.4) is 0 Å². The molecule has 192 valence electrons. The first kappa shape index (κ1) is 29.7. The van der Waals surface area contributed by atoms with Crippen LogP contribution in [0.4, 0.5) is 26.3 Å². The first-order valence-electron chi connectivity index (χ1n) is 11.5. The molecule has 3 nitrogen and oxygen atoms in total. The number of hydrogen-bond donors (Lipinski definition) is 1. The number of alkyl halides is 6. The number of ether oxygens (including phenoxy) is 2. The molecule has 0 fully saturated rings. The zero-order chi connectivity index (χ0) is 25.4. The molecule has 0 spiro atoms. The molecule has 0 aliphatic heterocycles. The third kappa shape index (κ3) is 9.83. The average Bonchev–Trinajstić information content (AvgIpc) is 2.64. The Hall–Kier alpha value is -1.32. The topological polar surface area (TPSA) is 38.7 Å². The molecule has 0 heterocycles. The highest BCUT2D eigenvalue weighted by Gasteiger charge is 2.44. The van der Waals surface area contributed by atoms with Crippen LogP contribution in [-0.2, 0) is 21.8 Å². The van der Waals surface area contributed by atoms with Gasteiger partial charge in [0.1, 0.15) is 0 Å². The van der Waals surface area contributed by atoms with Crippen molar-refractivity contribution >= 4 is 0 Å². The summed E-state index contributed by atoms with van der Waals surface area (Å²) in [5.41, 5.74) is -3.19. The van der Waals surface area contributed by atoms with Gasteiger partial charge in [0.25, 0.3) is 5.97 Å². The third-order valence-electron chi connectivity index (χ3n) is 5.11. The highest BCUT2D eigenvalue weighted by atomic mass is 19.4. The maximum atomic E-state index is 13.4. The van der Waals surface area contributed by atoms with Crippen molar-refractivity contribution in [3.05, 3.63) is 34.9 Å². The predicted octanol–water partition coefficient (Wildman–Crippen LogP) is 8.05. The monoisotopic (exact) mass is 486 g/mol. The summed E-state index contributed by atoms with van der Waals surface area (Å²) >= 11 is 0. The molecular weight excluding hydrogens is 450 g/mol. The number of aliphatic hydroxyl groups is 1. The minimum Gasteiger partial charge on any atom is -0.343 e. The first-order chi connectivity index (χ1) is 15.1. The maximum Gasteiger partial charge on any atom is 0.416 e. The van der Waals surface area contributed by atoms with E-state index < -0.39 is 47.6 Å². The maximum absolute atomic E-state index is 13.4. The van der Waals surface area contributed by atoms with E-state index in [1.807, 2.05) is 0 Å². The van der Waals surface area contributed by atoms with E-state index in [-0.39, 0.29) is 18.1 Å². The van der Waals surface area contributed by atoms with Gasteiger partial charge in [-0.05, 0) is 57.9 Å². The van der Waals surface area contributed by atoms with Crippen LogP contribution in [0.25, 0.3) is 0 Å². The van der Waals surface area contributed by atoms with Gasteiger partial charge in [-0.2, -0.15) is 26.3 Å². The van der Waals surface area contributed by atoms with Crippen LogP contribution < -0.4 is 0 Å². The summed E-state index contributed by atoms with van der Waals surface area (Å²) in [6, 6.07) is 1.38. The molecule has 0 saturated carbocycles. The number of benzene rings is 1. The molecule has 0 aliphatic rings. The van der Waals surface area contributed by atoms with Gasteiger partial charge in [-0.15, -0.1) is 0 Å². The average molecular weight is 487 g/mol. The molecular formula is C24H36F6O3. The predicted molar refractivity (Wildman–Crippen MR) is 115 cm³/mol. The van der Waals surface area contributed by atoms with E-state index in [0.29, 0.717) is 18.6 Å². The number of hydrogen-bond acceptors (Lipinski definition) is 3. The summed E-state index contributed by atoms with van der Waals surface area (Å²) < 4.78 is 91.9. The van der Waals surface area contributed by atoms with Crippen molar-refractivity contribution in [1.29, 1.82) is 0 Å². The smallest absolute Gasteiger partial charge is 0.343 e. The Balaban J connectivity index is 3.50. The van der Waals surface area contributed by atoms with Crippen LogP contribution in [0.5, 0.6) is 0 Å². The van der Waals surface area contributed by atoms with Gasteiger partial charge in [0.05, 0.1) is 29.3 Å². The Morgan fingerprint density at radius 2 is 1.15 bits per heavy atom. The van der Waals surface area contributed by atoms with E-state index in [1.165, 1.54) is 0 Å². The number of rotatable bonds is 13. The summed E-state index contributed by atoms with van der Waals surface area (Å²) in [4.78, 5) is 0. The first-order valence-corrected chi connectivity index (χ1v) is 11.5. The van der Waals surface area contributed by atoms with E-state index >= 15 is 0 Å². The highest BCUT2D eigenvalue weighted by Crippen LogP contribution is 2.42. The lowest BCUT2D eigenvalue weighted by Crippen LogP contribution is -2.46. The molecule has 1 aromatic carbocycles. The van der Waals surface area contributed by atoms with Crippen molar-refractivity contribution in [1.82, 2.24) is 0 Å². The Kier molecular flexibility index (Phi) is 11.2. The van der Waals surface area contributed by atoms with Crippen molar-refractivity contribution in [2.75, 3.05) is 0 Å². The summed E-state index contributed by atoms with van der Waals surface area (Å²) in [6.45, 7) is 8.47. The molecule has 1 N–H and O–H groups in total. The Labute approximate surface area is 192 Å². The van der Waals surface area contributed by atoms with Gasteiger partial charge in [-0.25, -0.2) is 0 Å². The molecule has 0 saturated heterocycles. The summed E-state index contributed by atoms with van der Waals surface area (Å²) in [5, 5.41) is 11.3. The fraction of sp³-hybridized carbons (Fsp3) is 0.750. The minimum absolute atomic E-state index is 0.0803. The highest BCUT2D eigenvalue weighted by molar-refractivity contribution is 5.36. The molecule has 33 heavy (non-hydrogen) atoms. The SMILES string of the molecule is CCCCCCCCC(c1cc(C(F)(F)F)cc(C(F)(F)F)c1)C(O)(OC(C)C)OC(C)C. The molecule has 0 aliphatic carbocycles. The van der Waals surface area contributed by atoms with E-state index in [9.17, 15) is 31.4 Å². The van der Waals surface area contributed by atoms with Gasteiger partial charge in [0.15, 0.2) is 0 Å². The van der Waals surface area contributed by atoms with Crippen LogP contribution in [0, 0.1) is 0 Å². The fourth-order valence-electron chi connectivity index (χ4n) is 3.74.